The van der Waals surface area contributed by atoms with E-state index < -0.39 is 5.54 Å². The Kier molecular flexibility index (Phi) is 4.20. The van der Waals surface area contributed by atoms with Gasteiger partial charge in [0.15, 0.2) is 0 Å². The number of nitrogens with two attached hydrogens (primary N) is 1. The number of carbonyl (C=O) groups is 1. The van der Waals surface area contributed by atoms with Gasteiger partial charge in [-0.15, -0.1) is 0 Å². The van der Waals surface area contributed by atoms with E-state index in [1.165, 1.54) is 12.7 Å². The zero-order valence-electron chi connectivity index (χ0n) is 12.5. The van der Waals surface area contributed by atoms with E-state index in [1.54, 1.807) is 11.0 Å². The highest BCUT2D eigenvalue weighted by atomic mass is 16.2. The summed E-state index contributed by atoms with van der Waals surface area (Å²) in [5.41, 5.74) is 7.48. The van der Waals surface area contributed by atoms with Gasteiger partial charge in [0.1, 0.15) is 12.7 Å². The monoisotopic (exact) mass is 299 g/mol. The van der Waals surface area contributed by atoms with Gasteiger partial charge in [-0.2, -0.15) is 5.10 Å². The molecule has 6 heteroatoms. The molecular formula is C16H21N5O. The number of rotatable bonds is 4. The lowest BCUT2D eigenvalue weighted by Gasteiger charge is -2.31. The molecular weight excluding hydrogens is 278 g/mol. The second kappa shape index (κ2) is 6.27. The molecule has 1 amide bonds. The lowest BCUT2D eigenvalue weighted by Crippen LogP contribution is -2.54. The number of hydrogen-bond acceptors (Lipinski definition) is 4. The maximum atomic E-state index is 12.3. The number of nitrogens with one attached hydrogen (secondary N) is 1. The molecule has 3 N–H and O–H groups in total. The third kappa shape index (κ3) is 3.17. The lowest BCUT2D eigenvalue weighted by atomic mass is 9.82. The van der Waals surface area contributed by atoms with Crippen LogP contribution in [0.4, 0.5) is 0 Å². The van der Waals surface area contributed by atoms with Crippen LogP contribution in [0.5, 0.6) is 0 Å². The lowest BCUT2D eigenvalue weighted by molar-refractivity contribution is -0.127. The molecule has 6 nitrogen and oxygen atoms in total. The van der Waals surface area contributed by atoms with Gasteiger partial charge in [0.05, 0.1) is 11.2 Å². The number of nitrogens with zero attached hydrogens (tertiary/aromatic N) is 3. The van der Waals surface area contributed by atoms with Gasteiger partial charge in [-0.1, -0.05) is 31.4 Å². The number of carbonyl (C=O) groups excluding carboxylic acids is 1. The van der Waals surface area contributed by atoms with E-state index in [1.807, 2.05) is 24.3 Å². The molecule has 1 aliphatic carbocycles. The fourth-order valence-electron chi connectivity index (χ4n) is 2.92. The van der Waals surface area contributed by atoms with Crippen molar-refractivity contribution in [2.24, 2.45) is 5.73 Å². The first-order chi connectivity index (χ1) is 10.7. The zero-order chi connectivity index (χ0) is 15.4. The van der Waals surface area contributed by atoms with Gasteiger partial charge in [0.25, 0.3) is 0 Å². The minimum atomic E-state index is -0.693. The topological polar surface area (TPSA) is 85.8 Å². The van der Waals surface area contributed by atoms with E-state index in [0.717, 1.165) is 36.9 Å². The van der Waals surface area contributed by atoms with E-state index in [-0.39, 0.29) is 5.91 Å². The van der Waals surface area contributed by atoms with Crippen LogP contribution in [0.15, 0.2) is 36.9 Å². The van der Waals surface area contributed by atoms with Crippen LogP contribution < -0.4 is 11.1 Å². The Bertz CT molecular complexity index is 632. The van der Waals surface area contributed by atoms with Crippen molar-refractivity contribution in [1.82, 2.24) is 20.1 Å². The summed E-state index contributed by atoms with van der Waals surface area (Å²) in [7, 11) is 0. The van der Waals surface area contributed by atoms with Crippen LogP contribution in [0.3, 0.4) is 0 Å². The van der Waals surface area contributed by atoms with Crippen LogP contribution in [-0.2, 0) is 11.3 Å². The fraction of sp³-hybridized carbons (Fsp3) is 0.438. The highest BCUT2D eigenvalue weighted by Crippen LogP contribution is 2.26. The number of benzene rings is 1. The molecule has 1 aromatic carbocycles. The predicted molar refractivity (Wildman–Crippen MR) is 83.2 cm³/mol. The normalized spacial score (nSPS) is 17.1. The highest BCUT2D eigenvalue weighted by Gasteiger charge is 2.34. The van der Waals surface area contributed by atoms with E-state index >= 15 is 0 Å². The summed E-state index contributed by atoms with van der Waals surface area (Å²) in [6.07, 6.45) is 7.93. The van der Waals surface area contributed by atoms with Gasteiger partial charge in [-0.25, -0.2) is 9.67 Å². The van der Waals surface area contributed by atoms with Gasteiger partial charge in [0.2, 0.25) is 5.91 Å². The van der Waals surface area contributed by atoms with Gasteiger partial charge in [-0.05, 0) is 30.5 Å². The summed E-state index contributed by atoms with van der Waals surface area (Å²) in [5.74, 6) is -0.0432. The van der Waals surface area contributed by atoms with Crippen LogP contribution in [0.25, 0.3) is 5.69 Å². The maximum Gasteiger partial charge on any atom is 0.240 e. The molecule has 0 aliphatic heterocycles. The molecule has 3 rings (SSSR count). The smallest absolute Gasteiger partial charge is 0.240 e. The van der Waals surface area contributed by atoms with Gasteiger partial charge >= 0.3 is 0 Å². The summed E-state index contributed by atoms with van der Waals surface area (Å²) in [4.78, 5) is 16.3. The van der Waals surface area contributed by atoms with Crippen molar-refractivity contribution in [1.29, 1.82) is 0 Å². The largest absolute Gasteiger partial charge is 0.350 e. The van der Waals surface area contributed by atoms with Crippen molar-refractivity contribution in [3.63, 3.8) is 0 Å². The molecule has 1 aromatic heterocycles. The molecule has 0 radical (unpaired) electrons. The second-order valence-corrected chi connectivity index (χ2v) is 5.91. The Labute approximate surface area is 129 Å². The summed E-state index contributed by atoms with van der Waals surface area (Å²) in [6.45, 7) is 0.473. The summed E-state index contributed by atoms with van der Waals surface area (Å²) >= 11 is 0. The zero-order valence-corrected chi connectivity index (χ0v) is 12.5. The van der Waals surface area contributed by atoms with Crippen LogP contribution in [0.2, 0.25) is 0 Å². The molecule has 22 heavy (non-hydrogen) atoms. The molecule has 0 spiro atoms. The standard InChI is InChI=1S/C16H21N5O/c17-16(7-2-1-3-8-16)15(22)19-10-13-5-4-6-14(9-13)21-12-18-11-20-21/h4-6,9,11-12H,1-3,7-8,10,17H2,(H,19,22). The average molecular weight is 299 g/mol. The second-order valence-electron chi connectivity index (χ2n) is 5.91. The maximum absolute atomic E-state index is 12.3. The van der Waals surface area contributed by atoms with E-state index in [2.05, 4.69) is 15.4 Å². The molecule has 0 unspecified atom stereocenters. The third-order valence-electron chi connectivity index (χ3n) is 4.24. The first kappa shape index (κ1) is 14.7. The van der Waals surface area contributed by atoms with Crippen molar-refractivity contribution < 1.29 is 4.79 Å². The summed E-state index contributed by atoms with van der Waals surface area (Å²) in [6, 6.07) is 7.85. The molecule has 0 atom stereocenters. The van der Waals surface area contributed by atoms with Crippen molar-refractivity contribution >= 4 is 5.91 Å². The predicted octanol–water partition coefficient (Wildman–Crippen LogP) is 1.55. The molecule has 1 heterocycles. The minimum Gasteiger partial charge on any atom is -0.350 e. The van der Waals surface area contributed by atoms with Crippen molar-refractivity contribution in [2.75, 3.05) is 0 Å². The third-order valence-corrected chi connectivity index (χ3v) is 4.24. The highest BCUT2D eigenvalue weighted by molar-refractivity contribution is 5.86. The fourth-order valence-corrected chi connectivity index (χ4v) is 2.92. The summed E-state index contributed by atoms with van der Waals surface area (Å²) < 4.78 is 1.69. The van der Waals surface area contributed by atoms with Crippen molar-refractivity contribution in [3.8, 4) is 5.69 Å². The molecule has 1 aliphatic rings. The molecule has 116 valence electrons. The van der Waals surface area contributed by atoms with Crippen LogP contribution >= 0.6 is 0 Å². The Morgan fingerprint density at radius 1 is 1.32 bits per heavy atom. The van der Waals surface area contributed by atoms with E-state index in [9.17, 15) is 4.79 Å². The molecule has 0 bridgehead atoms. The number of aromatic nitrogens is 3. The number of hydrogen-bond donors (Lipinski definition) is 2. The first-order valence-corrected chi connectivity index (χ1v) is 7.68. The van der Waals surface area contributed by atoms with Gasteiger partial charge < -0.3 is 11.1 Å². The van der Waals surface area contributed by atoms with Crippen LogP contribution in [0.1, 0.15) is 37.7 Å². The molecule has 1 saturated carbocycles. The molecule has 1 fully saturated rings. The van der Waals surface area contributed by atoms with Gasteiger partial charge in [-0.3, -0.25) is 4.79 Å². The van der Waals surface area contributed by atoms with Crippen molar-refractivity contribution in [3.05, 3.63) is 42.5 Å². The average Bonchev–Trinajstić information content (AvgIpc) is 3.08. The Morgan fingerprint density at radius 2 is 2.14 bits per heavy atom. The van der Waals surface area contributed by atoms with Crippen molar-refractivity contribution in [2.45, 2.75) is 44.2 Å². The van der Waals surface area contributed by atoms with Crippen LogP contribution in [-0.4, -0.2) is 26.2 Å². The Morgan fingerprint density at radius 3 is 2.86 bits per heavy atom. The molecule has 2 aromatic rings. The van der Waals surface area contributed by atoms with E-state index in [0.29, 0.717) is 6.54 Å². The minimum absolute atomic E-state index is 0.0432. The quantitative estimate of drug-likeness (QED) is 0.897. The van der Waals surface area contributed by atoms with E-state index in [4.69, 9.17) is 5.73 Å². The Hall–Kier alpha value is -2.21. The summed E-state index contributed by atoms with van der Waals surface area (Å²) in [5, 5.41) is 7.08. The van der Waals surface area contributed by atoms with Gasteiger partial charge in [0, 0.05) is 6.54 Å². The SMILES string of the molecule is NC1(C(=O)NCc2cccc(-n3cncn3)c2)CCCCC1. The first-order valence-electron chi connectivity index (χ1n) is 7.68. The van der Waals surface area contributed by atoms with Crippen LogP contribution in [0, 0.1) is 0 Å². The number of amides is 1. The Balaban J connectivity index is 1.64. The molecule has 0 saturated heterocycles.